The summed E-state index contributed by atoms with van der Waals surface area (Å²) in [7, 11) is 0. The van der Waals surface area contributed by atoms with Crippen LogP contribution in [0.25, 0.3) is 0 Å². The second-order valence-corrected chi connectivity index (χ2v) is 1.52. The van der Waals surface area contributed by atoms with Crippen LogP contribution in [0.5, 0.6) is 0 Å². The first kappa shape index (κ1) is 6.89. The predicted octanol–water partition coefficient (Wildman–Crippen LogP) is 1.57. The van der Waals surface area contributed by atoms with Crippen molar-refractivity contribution in [1.29, 1.82) is 0 Å². The van der Waals surface area contributed by atoms with E-state index in [1.165, 1.54) is 5.55 Å². The smallest absolute Gasteiger partial charge is 0.146 e. The second-order valence-electron chi connectivity index (χ2n) is 1.33. The summed E-state index contributed by atoms with van der Waals surface area (Å²) in [5.41, 5.74) is 1.27. The summed E-state index contributed by atoms with van der Waals surface area (Å²) in [6.45, 7) is 5.54. The number of hydrogen-bond donors (Lipinski definition) is 0. The van der Waals surface area contributed by atoms with E-state index in [1.807, 2.05) is 6.92 Å². The molecule has 0 saturated carbocycles. The molecular formula is C5H9OS. The van der Waals surface area contributed by atoms with Crippen molar-refractivity contribution in [3.05, 3.63) is 6.92 Å². The SMILES string of the molecule is [CH2]CC(C)OC=S. The molecule has 1 atom stereocenters. The summed E-state index contributed by atoms with van der Waals surface area (Å²) in [5, 5.41) is 0. The molecule has 0 aromatic rings. The lowest BCUT2D eigenvalue weighted by Crippen LogP contribution is -2.02. The zero-order valence-electron chi connectivity index (χ0n) is 4.39. The Hall–Kier alpha value is -0.110. The number of hydrogen-bond acceptors (Lipinski definition) is 2. The van der Waals surface area contributed by atoms with E-state index >= 15 is 0 Å². The van der Waals surface area contributed by atoms with Crippen molar-refractivity contribution in [2.24, 2.45) is 0 Å². The maximum atomic E-state index is 4.82. The fourth-order valence-electron chi connectivity index (χ4n) is 0.163. The third kappa shape index (κ3) is 3.73. The lowest BCUT2D eigenvalue weighted by atomic mass is 10.3. The topological polar surface area (TPSA) is 9.23 Å². The first-order chi connectivity index (χ1) is 3.31. The zero-order chi connectivity index (χ0) is 5.70. The highest BCUT2D eigenvalue weighted by molar-refractivity contribution is 7.78. The molecule has 0 aliphatic carbocycles. The van der Waals surface area contributed by atoms with Gasteiger partial charge in [-0.3, -0.25) is 0 Å². The van der Waals surface area contributed by atoms with Crippen LogP contribution in [0.3, 0.4) is 0 Å². The van der Waals surface area contributed by atoms with Gasteiger partial charge < -0.3 is 4.74 Å². The van der Waals surface area contributed by atoms with Crippen LogP contribution in [-0.4, -0.2) is 11.7 Å². The molecule has 0 bridgehead atoms. The Morgan fingerprint density at radius 1 is 2.00 bits per heavy atom. The van der Waals surface area contributed by atoms with Crippen molar-refractivity contribution < 1.29 is 4.74 Å². The van der Waals surface area contributed by atoms with Gasteiger partial charge >= 0.3 is 0 Å². The molecule has 0 aliphatic heterocycles. The van der Waals surface area contributed by atoms with Gasteiger partial charge in [0, 0.05) is 0 Å². The van der Waals surface area contributed by atoms with Gasteiger partial charge in [0.2, 0.25) is 0 Å². The van der Waals surface area contributed by atoms with Crippen molar-refractivity contribution in [3.63, 3.8) is 0 Å². The molecule has 0 rings (SSSR count). The highest BCUT2D eigenvalue weighted by atomic mass is 32.1. The van der Waals surface area contributed by atoms with E-state index in [0.717, 1.165) is 6.42 Å². The molecule has 0 aromatic carbocycles. The Morgan fingerprint density at radius 3 is 2.71 bits per heavy atom. The Labute approximate surface area is 49.7 Å². The molecular weight excluding hydrogens is 108 g/mol. The van der Waals surface area contributed by atoms with Crippen LogP contribution in [0, 0.1) is 6.92 Å². The van der Waals surface area contributed by atoms with Gasteiger partial charge in [0.1, 0.15) is 5.55 Å². The fourth-order valence-corrected chi connectivity index (χ4v) is 0.353. The predicted molar refractivity (Wildman–Crippen MR) is 34.2 cm³/mol. The van der Waals surface area contributed by atoms with Gasteiger partial charge in [0.05, 0.1) is 6.10 Å². The molecule has 0 aromatic heterocycles. The van der Waals surface area contributed by atoms with E-state index in [1.54, 1.807) is 0 Å². The van der Waals surface area contributed by atoms with E-state index in [-0.39, 0.29) is 6.10 Å². The molecule has 1 unspecified atom stereocenters. The molecule has 0 amide bonds. The largest absolute Gasteiger partial charge is 0.487 e. The molecule has 1 nitrogen and oxygen atoms in total. The van der Waals surface area contributed by atoms with Crippen LogP contribution in [0.1, 0.15) is 13.3 Å². The Balaban J connectivity index is 2.98. The quantitative estimate of drug-likeness (QED) is 0.519. The van der Waals surface area contributed by atoms with E-state index in [2.05, 4.69) is 19.1 Å². The molecule has 7 heavy (non-hydrogen) atoms. The minimum absolute atomic E-state index is 0.178. The van der Waals surface area contributed by atoms with Crippen LogP contribution in [0.2, 0.25) is 0 Å². The highest BCUT2D eigenvalue weighted by Gasteiger charge is 1.91. The summed E-state index contributed by atoms with van der Waals surface area (Å²) in [5.74, 6) is 0. The van der Waals surface area contributed by atoms with Crippen LogP contribution in [-0.2, 0) is 4.74 Å². The molecule has 0 aliphatic rings. The fraction of sp³-hybridized carbons (Fsp3) is 0.600. The average molecular weight is 117 g/mol. The lowest BCUT2D eigenvalue weighted by Gasteiger charge is -2.03. The summed E-state index contributed by atoms with van der Waals surface area (Å²) < 4.78 is 4.82. The number of rotatable bonds is 3. The van der Waals surface area contributed by atoms with E-state index < -0.39 is 0 Å². The summed E-state index contributed by atoms with van der Waals surface area (Å²) in [4.78, 5) is 0. The average Bonchev–Trinajstić information content (AvgIpc) is 1.68. The summed E-state index contributed by atoms with van der Waals surface area (Å²) in [6.07, 6.45) is 0.949. The number of ether oxygens (including phenoxy) is 1. The van der Waals surface area contributed by atoms with Crippen molar-refractivity contribution >= 4 is 17.8 Å². The molecule has 0 heterocycles. The lowest BCUT2D eigenvalue weighted by molar-refractivity contribution is 0.228. The minimum Gasteiger partial charge on any atom is -0.487 e. The second kappa shape index (κ2) is 4.06. The van der Waals surface area contributed by atoms with Gasteiger partial charge in [-0.15, -0.1) is 0 Å². The molecule has 0 saturated heterocycles. The first-order valence-electron chi connectivity index (χ1n) is 2.19. The monoisotopic (exact) mass is 117 g/mol. The van der Waals surface area contributed by atoms with Crippen molar-refractivity contribution in [3.8, 4) is 0 Å². The van der Waals surface area contributed by atoms with Crippen LogP contribution in [0.15, 0.2) is 0 Å². The zero-order valence-corrected chi connectivity index (χ0v) is 5.20. The van der Waals surface area contributed by atoms with Crippen molar-refractivity contribution in [2.75, 3.05) is 0 Å². The maximum absolute atomic E-state index is 4.82. The Kier molecular flexibility index (Phi) is 4.00. The van der Waals surface area contributed by atoms with Crippen molar-refractivity contribution in [1.82, 2.24) is 0 Å². The van der Waals surface area contributed by atoms with Gasteiger partial charge in [-0.25, -0.2) is 0 Å². The Morgan fingerprint density at radius 2 is 2.57 bits per heavy atom. The third-order valence-electron chi connectivity index (χ3n) is 0.694. The van der Waals surface area contributed by atoms with E-state index in [4.69, 9.17) is 4.74 Å². The standard InChI is InChI=1S/C5H9OS/c1-3-5(2)6-4-7/h4-5H,1,3H2,2H3. The Bertz CT molecular complexity index is 54.0. The van der Waals surface area contributed by atoms with Crippen LogP contribution in [0.4, 0.5) is 0 Å². The first-order valence-corrected chi connectivity index (χ1v) is 2.66. The molecule has 0 fully saturated rings. The highest BCUT2D eigenvalue weighted by Crippen LogP contribution is 1.90. The van der Waals surface area contributed by atoms with Gasteiger partial charge in [-0.1, -0.05) is 0 Å². The van der Waals surface area contributed by atoms with Gasteiger partial charge in [-0.05, 0) is 32.5 Å². The van der Waals surface area contributed by atoms with Gasteiger partial charge in [0.15, 0.2) is 0 Å². The molecule has 0 N–H and O–H groups in total. The van der Waals surface area contributed by atoms with E-state index in [0.29, 0.717) is 0 Å². The molecule has 0 spiro atoms. The van der Waals surface area contributed by atoms with Gasteiger partial charge in [0.25, 0.3) is 0 Å². The summed E-state index contributed by atoms with van der Waals surface area (Å²) in [6, 6.07) is 0. The van der Waals surface area contributed by atoms with Crippen molar-refractivity contribution in [2.45, 2.75) is 19.4 Å². The molecule has 41 valence electrons. The minimum atomic E-state index is 0.178. The molecule has 2 heteroatoms. The number of thiocarbonyl (C=S) groups is 1. The summed E-state index contributed by atoms with van der Waals surface area (Å²) >= 11 is 4.42. The van der Waals surface area contributed by atoms with Gasteiger partial charge in [-0.2, -0.15) is 0 Å². The normalized spacial score (nSPS) is 12.9. The molecule has 1 radical (unpaired) electrons. The van der Waals surface area contributed by atoms with E-state index in [9.17, 15) is 0 Å². The third-order valence-corrected chi connectivity index (χ3v) is 0.806. The van der Waals surface area contributed by atoms with Crippen LogP contribution < -0.4 is 0 Å². The maximum Gasteiger partial charge on any atom is 0.146 e. The van der Waals surface area contributed by atoms with Crippen LogP contribution >= 0.6 is 12.2 Å².